The third kappa shape index (κ3) is 1.81. The van der Waals surface area contributed by atoms with Gasteiger partial charge >= 0.3 is 0 Å². The fourth-order valence-corrected chi connectivity index (χ4v) is 3.04. The van der Waals surface area contributed by atoms with Gasteiger partial charge in [-0.1, -0.05) is 0 Å². The van der Waals surface area contributed by atoms with Gasteiger partial charge in [-0.3, -0.25) is 0 Å². The molecule has 0 saturated heterocycles. The maximum atomic E-state index is 10.2. The van der Waals surface area contributed by atoms with Crippen LogP contribution in [0, 0.1) is 6.92 Å². The Hall–Kier alpha value is -1.13. The van der Waals surface area contributed by atoms with Crippen LogP contribution < -0.4 is 0 Å². The molecule has 0 bridgehead atoms. The van der Waals surface area contributed by atoms with Crippen molar-refractivity contribution in [3.8, 4) is 10.7 Å². The number of thiophene rings is 1. The first kappa shape index (κ1) is 11.0. The summed E-state index contributed by atoms with van der Waals surface area (Å²) in [5.41, 5.74) is -0.512. The molecule has 3 rings (SSSR count). The van der Waals surface area contributed by atoms with Crippen molar-refractivity contribution >= 4 is 11.3 Å². The van der Waals surface area contributed by atoms with Crippen LogP contribution >= 0.6 is 11.3 Å². The van der Waals surface area contributed by atoms with Crippen LogP contribution in [0.4, 0.5) is 0 Å². The summed E-state index contributed by atoms with van der Waals surface area (Å²) in [7, 11) is 0. The quantitative estimate of drug-likeness (QED) is 0.906. The first-order valence-electron chi connectivity index (χ1n) is 5.92. The summed E-state index contributed by atoms with van der Waals surface area (Å²) in [5.74, 6) is 0.968. The third-order valence-electron chi connectivity index (χ3n) is 3.59. The monoisotopic (exact) mass is 248 g/mol. The lowest BCUT2D eigenvalue weighted by Gasteiger charge is -2.21. The Morgan fingerprint density at radius 3 is 2.82 bits per heavy atom. The van der Waals surface area contributed by atoms with E-state index in [1.807, 2.05) is 12.4 Å². The molecule has 0 aromatic carbocycles. The highest BCUT2D eigenvalue weighted by molar-refractivity contribution is 7.15. The topological polar surface area (TPSA) is 38.0 Å². The van der Waals surface area contributed by atoms with Crippen LogP contribution in [-0.2, 0) is 0 Å². The second kappa shape index (κ2) is 3.68. The zero-order valence-corrected chi connectivity index (χ0v) is 10.9. The fourth-order valence-electron chi connectivity index (χ4n) is 2.18. The van der Waals surface area contributed by atoms with Gasteiger partial charge in [-0.25, -0.2) is 4.98 Å². The lowest BCUT2D eigenvalue weighted by Crippen LogP contribution is -2.23. The zero-order chi connectivity index (χ0) is 12.0. The molecule has 1 N–H and O–H groups in total. The van der Waals surface area contributed by atoms with E-state index in [1.165, 1.54) is 9.75 Å². The van der Waals surface area contributed by atoms with Gasteiger partial charge in [-0.15, -0.1) is 11.3 Å². The molecule has 1 saturated carbocycles. The standard InChI is InChI=1S/C13H16N2OS/c1-9-3-4-11(17-9)12-14-7-8-15(12)10(2)13(16)5-6-13/h3-4,7-8,10,16H,5-6H2,1-2H3. The van der Waals surface area contributed by atoms with Crippen LogP contribution in [0.25, 0.3) is 10.7 Å². The highest BCUT2D eigenvalue weighted by Crippen LogP contribution is 2.45. The van der Waals surface area contributed by atoms with Crippen molar-refractivity contribution in [3.05, 3.63) is 29.4 Å². The lowest BCUT2D eigenvalue weighted by atomic mass is 10.1. The van der Waals surface area contributed by atoms with E-state index in [-0.39, 0.29) is 6.04 Å². The zero-order valence-electron chi connectivity index (χ0n) is 10.1. The van der Waals surface area contributed by atoms with Gasteiger partial charge < -0.3 is 9.67 Å². The molecule has 17 heavy (non-hydrogen) atoms. The molecule has 1 atom stereocenters. The molecule has 0 spiro atoms. The number of rotatable bonds is 3. The van der Waals surface area contributed by atoms with Crippen molar-refractivity contribution in [1.29, 1.82) is 0 Å². The van der Waals surface area contributed by atoms with E-state index in [4.69, 9.17) is 0 Å². The molecule has 1 aliphatic carbocycles. The van der Waals surface area contributed by atoms with E-state index in [9.17, 15) is 5.11 Å². The predicted molar refractivity (Wildman–Crippen MR) is 69.2 cm³/mol. The van der Waals surface area contributed by atoms with Crippen molar-refractivity contribution in [2.75, 3.05) is 0 Å². The molecule has 2 heterocycles. The summed E-state index contributed by atoms with van der Waals surface area (Å²) in [6.07, 6.45) is 5.57. The summed E-state index contributed by atoms with van der Waals surface area (Å²) in [5, 5.41) is 10.2. The van der Waals surface area contributed by atoms with Crippen LogP contribution in [0.1, 0.15) is 30.7 Å². The minimum atomic E-state index is -0.512. The van der Waals surface area contributed by atoms with Crippen LogP contribution in [0.15, 0.2) is 24.5 Å². The molecule has 2 aromatic rings. The number of aliphatic hydroxyl groups is 1. The minimum Gasteiger partial charge on any atom is -0.388 e. The molecule has 0 aliphatic heterocycles. The molecule has 0 radical (unpaired) electrons. The van der Waals surface area contributed by atoms with Gasteiger partial charge in [0.05, 0.1) is 16.5 Å². The van der Waals surface area contributed by atoms with Crippen LogP contribution in [-0.4, -0.2) is 20.3 Å². The second-order valence-electron chi connectivity index (χ2n) is 4.85. The van der Waals surface area contributed by atoms with Crippen molar-refractivity contribution in [2.45, 2.75) is 38.3 Å². The molecular weight excluding hydrogens is 232 g/mol. The molecule has 2 aromatic heterocycles. The Bertz CT molecular complexity index is 539. The minimum absolute atomic E-state index is 0.0995. The van der Waals surface area contributed by atoms with Gasteiger partial charge in [0.25, 0.3) is 0 Å². The second-order valence-corrected chi connectivity index (χ2v) is 6.14. The van der Waals surface area contributed by atoms with Gasteiger partial charge in [0.2, 0.25) is 0 Å². The first-order valence-corrected chi connectivity index (χ1v) is 6.74. The fraction of sp³-hybridized carbons (Fsp3) is 0.462. The highest BCUT2D eigenvalue weighted by atomic mass is 32.1. The Balaban J connectivity index is 1.99. The van der Waals surface area contributed by atoms with E-state index < -0.39 is 5.60 Å². The maximum absolute atomic E-state index is 10.2. The van der Waals surface area contributed by atoms with Gasteiger partial charge in [0.15, 0.2) is 0 Å². The average molecular weight is 248 g/mol. The van der Waals surface area contributed by atoms with Gasteiger partial charge in [0, 0.05) is 17.3 Å². The largest absolute Gasteiger partial charge is 0.388 e. The normalized spacial score (nSPS) is 19.2. The van der Waals surface area contributed by atoms with Crippen molar-refractivity contribution in [3.63, 3.8) is 0 Å². The molecule has 1 unspecified atom stereocenters. The molecule has 1 aliphatic rings. The molecule has 1 fully saturated rings. The number of imidazole rings is 1. The lowest BCUT2D eigenvalue weighted by molar-refractivity contribution is 0.0963. The number of nitrogens with zero attached hydrogens (tertiary/aromatic N) is 2. The highest BCUT2D eigenvalue weighted by Gasteiger charge is 2.46. The Morgan fingerprint density at radius 2 is 2.24 bits per heavy atom. The smallest absolute Gasteiger partial charge is 0.150 e. The summed E-state index contributed by atoms with van der Waals surface area (Å²) in [4.78, 5) is 6.88. The Morgan fingerprint density at radius 1 is 1.47 bits per heavy atom. The summed E-state index contributed by atoms with van der Waals surface area (Å²) in [6.45, 7) is 4.16. The molecular formula is C13H16N2OS. The SMILES string of the molecule is Cc1ccc(-c2nccn2C(C)C2(O)CC2)s1. The van der Waals surface area contributed by atoms with Crippen LogP contribution in [0.3, 0.4) is 0 Å². The van der Waals surface area contributed by atoms with E-state index in [0.717, 1.165) is 18.7 Å². The van der Waals surface area contributed by atoms with Gasteiger partial charge in [0.1, 0.15) is 5.82 Å². The molecule has 4 heteroatoms. The van der Waals surface area contributed by atoms with Gasteiger partial charge in [-0.2, -0.15) is 0 Å². The molecule has 3 nitrogen and oxygen atoms in total. The number of aryl methyl sites for hydroxylation is 1. The van der Waals surface area contributed by atoms with Crippen molar-refractivity contribution < 1.29 is 5.11 Å². The molecule has 90 valence electrons. The average Bonchev–Trinajstić information content (AvgIpc) is 2.77. The van der Waals surface area contributed by atoms with E-state index >= 15 is 0 Å². The first-order chi connectivity index (χ1) is 8.10. The Labute approximate surface area is 105 Å². The van der Waals surface area contributed by atoms with E-state index in [1.54, 1.807) is 11.3 Å². The van der Waals surface area contributed by atoms with Crippen LogP contribution in [0.2, 0.25) is 0 Å². The van der Waals surface area contributed by atoms with E-state index in [2.05, 4.69) is 35.5 Å². The number of hydrogen-bond acceptors (Lipinski definition) is 3. The maximum Gasteiger partial charge on any atom is 0.150 e. The van der Waals surface area contributed by atoms with Crippen LogP contribution in [0.5, 0.6) is 0 Å². The third-order valence-corrected chi connectivity index (χ3v) is 4.58. The number of hydrogen-bond donors (Lipinski definition) is 1. The van der Waals surface area contributed by atoms with Crippen molar-refractivity contribution in [2.24, 2.45) is 0 Å². The van der Waals surface area contributed by atoms with Crippen molar-refractivity contribution in [1.82, 2.24) is 9.55 Å². The van der Waals surface area contributed by atoms with E-state index in [0.29, 0.717) is 0 Å². The predicted octanol–water partition coefficient (Wildman–Crippen LogP) is 3.01. The Kier molecular flexibility index (Phi) is 2.38. The summed E-state index contributed by atoms with van der Waals surface area (Å²) < 4.78 is 2.10. The van der Waals surface area contributed by atoms with Gasteiger partial charge in [-0.05, 0) is 38.8 Å². The molecule has 0 amide bonds. The number of aromatic nitrogens is 2. The summed E-state index contributed by atoms with van der Waals surface area (Å²) >= 11 is 1.74. The summed E-state index contributed by atoms with van der Waals surface area (Å²) in [6, 6.07) is 4.31.